The summed E-state index contributed by atoms with van der Waals surface area (Å²) in [6.45, 7) is 11.8. The highest BCUT2D eigenvalue weighted by Gasteiger charge is 2.27. The van der Waals surface area contributed by atoms with Gasteiger partial charge in [-0.05, 0) is 82.0 Å². The first-order valence-corrected chi connectivity index (χ1v) is 14.3. The Morgan fingerprint density at radius 2 is 1.71 bits per heavy atom. The minimum absolute atomic E-state index is 0.0627. The molecule has 7 nitrogen and oxygen atoms in total. The van der Waals surface area contributed by atoms with E-state index < -0.39 is 5.60 Å². The van der Waals surface area contributed by atoms with Crippen LogP contribution in [0.2, 0.25) is 0 Å². The molecular weight excluding hydrogens is 526 g/mol. The Kier molecular flexibility index (Phi) is 8.34. The van der Waals surface area contributed by atoms with Crippen LogP contribution in [0.3, 0.4) is 0 Å². The third kappa shape index (κ3) is 6.64. The van der Waals surface area contributed by atoms with Gasteiger partial charge in [0.15, 0.2) is 0 Å². The number of nitrogens with zero attached hydrogens (tertiary/aromatic N) is 1. The van der Waals surface area contributed by atoms with E-state index in [1.807, 2.05) is 68.4 Å². The van der Waals surface area contributed by atoms with E-state index in [1.165, 1.54) is 5.56 Å². The predicted octanol–water partition coefficient (Wildman–Crippen LogP) is 6.55. The highest BCUT2D eigenvalue weighted by molar-refractivity contribution is 5.83. The molecule has 0 saturated carbocycles. The van der Waals surface area contributed by atoms with E-state index in [4.69, 9.17) is 8.94 Å². The molecule has 0 aliphatic carbocycles. The molecule has 0 aliphatic heterocycles. The molecule has 0 spiro atoms. The number of aryl methyl sites for hydroxylation is 4. The maximum Gasteiger partial charge on any atom is 0.225 e. The summed E-state index contributed by atoms with van der Waals surface area (Å²) in [4.78, 5) is 13.4. The number of furan rings is 1. The SMILES string of the molecule is Cc1ccc(C(NC(=O)Cc2ccc3oc(C(NCC(C)(C)O)c4c(C)noc4C)cc3c2)c2ccccc2)c(C)c1. The van der Waals surface area contributed by atoms with E-state index in [1.54, 1.807) is 13.8 Å². The molecule has 218 valence electrons. The number of aromatic nitrogens is 1. The summed E-state index contributed by atoms with van der Waals surface area (Å²) in [5, 5.41) is 22.1. The van der Waals surface area contributed by atoms with Crippen LogP contribution in [0, 0.1) is 27.7 Å². The molecule has 2 heterocycles. The van der Waals surface area contributed by atoms with Crippen molar-refractivity contribution in [1.82, 2.24) is 15.8 Å². The summed E-state index contributed by atoms with van der Waals surface area (Å²) in [6.07, 6.45) is 0.231. The van der Waals surface area contributed by atoms with Gasteiger partial charge in [-0.3, -0.25) is 4.79 Å². The van der Waals surface area contributed by atoms with Gasteiger partial charge in [-0.1, -0.05) is 65.3 Å². The second kappa shape index (κ2) is 12.0. The first-order valence-electron chi connectivity index (χ1n) is 14.3. The van der Waals surface area contributed by atoms with Gasteiger partial charge in [-0.2, -0.15) is 0 Å². The van der Waals surface area contributed by atoms with Crippen LogP contribution >= 0.6 is 0 Å². The number of nitrogens with one attached hydrogen (secondary N) is 2. The van der Waals surface area contributed by atoms with Crippen molar-refractivity contribution in [3.05, 3.63) is 123 Å². The van der Waals surface area contributed by atoms with E-state index in [2.05, 4.69) is 47.8 Å². The van der Waals surface area contributed by atoms with Crippen LogP contribution in [0.15, 0.2) is 81.7 Å². The topological polar surface area (TPSA) is 101 Å². The smallest absolute Gasteiger partial charge is 0.225 e. The van der Waals surface area contributed by atoms with Crippen molar-refractivity contribution in [2.24, 2.45) is 0 Å². The summed E-state index contributed by atoms with van der Waals surface area (Å²) >= 11 is 0. The monoisotopic (exact) mass is 565 g/mol. The molecule has 3 aromatic carbocycles. The molecular formula is C35H39N3O4. The fourth-order valence-corrected chi connectivity index (χ4v) is 5.50. The number of hydrogen-bond acceptors (Lipinski definition) is 6. The zero-order chi connectivity index (χ0) is 30.0. The Labute approximate surface area is 246 Å². The summed E-state index contributed by atoms with van der Waals surface area (Å²) in [5.41, 5.74) is 6.78. The number of hydrogen-bond donors (Lipinski definition) is 3. The van der Waals surface area contributed by atoms with Gasteiger partial charge < -0.3 is 24.7 Å². The second-order valence-corrected chi connectivity index (χ2v) is 11.8. The fourth-order valence-electron chi connectivity index (χ4n) is 5.50. The average molecular weight is 566 g/mol. The van der Waals surface area contributed by atoms with Gasteiger partial charge in [0.25, 0.3) is 0 Å². The Bertz CT molecular complexity index is 1680. The van der Waals surface area contributed by atoms with Crippen molar-refractivity contribution in [1.29, 1.82) is 0 Å². The molecule has 5 aromatic rings. The normalized spacial score (nSPS) is 13.3. The third-order valence-electron chi connectivity index (χ3n) is 7.54. The summed E-state index contributed by atoms with van der Waals surface area (Å²) in [6, 6.07) is 23.6. The zero-order valence-electron chi connectivity index (χ0n) is 25.1. The van der Waals surface area contributed by atoms with Crippen molar-refractivity contribution < 1.29 is 18.8 Å². The van der Waals surface area contributed by atoms with E-state index in [0.29, 0.717) is 23.6 Å². The van der Waals surface area contributed by atoms with Gasteiger partial charge in [-0.25, -0.2) is 0 Å². The van der Waals surface area contributed by atoms with Gasteiger partial charge in [-0.15, -0.1) is 0 Å². The van der Waals surface area contributed by atoms with E-state index in [-0.39, 0.29) is 24.4 Å². The maximum absolute atomic E-state index is 13.4. The Hall–Kier alpha value is -4.20. The van der Waals surface area contributed by atoms with Gasteiger partial charge in [0, 0.05) is 17.5 Å². The predicted molar refractivity (Wildman–Crippen MR) is 164 cm³/mol. The number of aliphatic hydroxyl groups is 1. The van der Waals surface area contributed by atoms with Gasteiger partial charge in [0.1, 0.15) is 17.1 Å². The lowest BCUT2D eigenvalue weighted by Gasteiger charge is -2.23. The van der Waals surface area contributed by atoms with Crippen LogP contribution in [-0.4, -0.2) is 28.3 Å². The van der Waals surface area contributed by atoms with Crippen molar-refractivity contribution in [3.8, 4) is 0 Å². The first kappa shape index (κ1) is 29.3. The Balaban J connectivity index is 1.40. The standard InChI is InChI=1S/C35H39N3O4/c1-21-12-14-28(22(2)16-21)33(26-10-8-7-9-11-26)37-31(39)18-25-13-15-29-27(17-25)19-30(41-29)34(36-20-35(5,6)40)32-23(3)38-42-24(32)4/h7-17,19,33-34,36,40H,18,20H2,1-6H3,(H,37,39). The van der Waals surface area contributed by atoms with Crippen molar-refractivity contribution in [3.63, 3.8) is 0 Å². The molecule has 1 amide bonds. The number of rotatable bonds is 10. The van der Waals surface area contributed by atoms with Crippen LogP contribution in [-0.2, 0) is 11.2 Å². The molecule has 5 rings (SSSR count). The molecule has 2 unspecified atom stereocenters. The summed E-state index contributed by atoms with van der Waals surface area (Å²) in [7, 11) is 0. The third-order valence-corrected chi connectivity index (χ3v) is 7.54. The van der Waals surface area contributed by atoms with E-state index in [0.717, 1.165) is 38.9 Å². The summed E-state index contributed by atoms with van der Waals surface area (Å²) < 4.78 is 11.7. The first-order chi connectivity index (χ1) is 20.0. The van der Waals surface area contributed by atoms with Crippen molar-refractivity contribution in [2.75, 3.05) is 6.54 Å². The highest BCUT2D eigenvalue weighted by Crippen LogP contribution is 2.33. The van der Waals surface area contributed by atoms with Crippen molar-refractivity contribution >= 4 is 16.9 Å². The van der Waals surface area contributed by atoms with Crippen LogP contribution < -0.4 is 10.6 Å². The molecule has 0 fully saturated rings. The fraction of sp³-hybridized carbons (Fsp3) is 0.314. The Morgan fingerprint density at radius 3 is 2.38 bits per heavy atom. The average Bonchev–Trinajstić information content (AvgIpc) is 3.50. The van der Waals surface area contributed by atoms with Crippen LogP contribution in [0.4, 0.5) is 0 Å². The maximum atomic E-state index is 13.4. The lowest BCUT2D eigenvalue weighted by molar-refractivity contribution is -0.120. The molecule has 0 aliphatic rings. The number of fused-ring (bicyclic) bond motifs is 1. The van der Waals surface area contributed by atoms with Gasteiger partial charge in [0.05, 0.1) is 29.8 Å². The number of carbonyl (C=O) groups excluding carboxylic acids is 1. The minimum Gasteiger partial charge on any atom is -0.459 e. The molecule has 0 bridgehead atoms. The van der Waals surface area contributed by atoms with Crippen LogP contribution in [0.5, 0.6) is 0 Å². The zero-order valence-corrected chi connectivity index (χ0v) is 25.1. The lowest BCUT2D eigenvalue weighted by Crippen LogP contribution is -2.37. The molecule has 3 N–H and O–H groups in total. The molecule has 0 radical (unpaired) electrons. The number of carbonyl (C=O) groups is 1. The van der Waals surface area contributed by atoms with Crippen LogP contribution in [0.25, 0.3) is 11.0 Å². The molecule has 42 heavy (non-hydrogen) atoms. The lowest BCUT2D eigenvalue weighted by atomic mass is 9.93. The largest absolute Gasteiger partial charge is 0.459 e. The van der Waals surface area contributed by atoms with Gasteiger partial charge >= 0.3 is 0 Å². The van der Waals surface area contributed by atoms with Crippen molar-refractivity contribution in [2.45, 2.75) is 65.6 Å². The summed E-state index contributed by atoms with van der Waals surface area (Å²) in [5.74, 6) is 1.31. The number of amides is 1. The molecule has 0 saturated heterocycles. The molecule has 7 heteroatoms. The number of benzene rings is 3. The minimum atomic E-state index is -0.918. The molecule has 2 aromatic heterocycles. The quantitative estimate of drug-likeness (QED) is 0.178. The van der Waals surface area contributed by atoms with E-state index in [9.17, 15) is 9.90 Å². The molecule has 2 atom stereocenters. The van der Waals surface area contributed by atoms with Gasteiger partial charge in [0.2, 0.25) is 5.91 Å². The highest BCUT2D eigenvalue weighted by atomic mass is 16.5. The second-order valence-electron chi connectivity index (χ2n) is 11.8. The Morgan fingerprint density at radius 1 is 0.952 bits per heavy atom. The van der Waals surface area contributed by atoms with E-state index >= 15 is 0 Å². The van der Waals surface area contributed by atoms with Crippen LogP contribution in [0.1, 0.15) is 76.5 Å².